The van der Waals surface area contributed by atoms with Crippen molar-refractivity contribution in [1.82, 2.24) is 10.2 Å². The molecule has 0 unspecified atom stereocenters. The van der Waals surface area contributed by atoms with E-state index in [1.54, 1.807) is 0 Å². The Morgan fingerprint density at radius 2 is 1.92 bits per heavy atom. The molecule has 1 saturated heterocycles. The number of hydrogen-bond donors (Lipinski definition) is 1. The zero-order valence-corrected chi connectivity index (χ0v) is 8.10. The lowest BCUT2D eigenvalue weighted by molar-refractivity contribution is 0.0380. The van der Waals surface area contributed by atoms with E-state index in [0.29, 0.717) is 5.54 Å². The fourth-order valence-electron chi connectivity index (χ4n) is 2.39. The van der Waals surface area contributed by atoms with E-state index in [2.05, 4.69) is 17.1 Å². The Kier molecular flexibility index (Phi) is 2.37. The number of nitrogens with one attached hydrogen (secondary N) is 1. The lowest BCUT2D eigenvalue weighted by atomic mass is 9.77. The molecule has 1 aliphatic heterocycles. The van der Waals surface area contributed by atoms with Crippen molar-refractivity contribution in [2.45, 2.75) is 38.1 Å². The van der Waals surface area contributed by atoms with Crippen molar-refractivity contribution in [2.75, 3.05) is 26.2 Å². The van der Waals surface area contributed by atoms with Gasteiger partial charge in [-0.2, -0.15) is 0 Å². The Balaban J connectivity index is 1.91. The maximum absolute atomic E-state index is 3.46. The molecule has 0 aromatic carbocycles. The minimum atomic E-state index is 0.575. The number of rotatable bonds is 1. The van der Waals surface area contributed by atoms with E-state index in [9.17, 15) is 0 Å². The van der Waals surface area contributed by atoms with Crippen LogP contribution in [0.4, 0.5) is 0 Å². The highest BCUT2D eigenvalue weighted by atomic mass is 15.2. The van der Waals surface area contributed by atoms with Gasteiger partial charge in [-0.25, -0.2) is 0 Å². The van der Waals surface area contributed by atoms with E-state index in [1.165, 1.54) is 51.9 Å². The van der Waals surface area contributed by atoms with Crippen LogP contribution in [0.1, 0.15) is 32.6 Å². The molecule has 0 atom stereocenters. The van der Waals surface area contributed by atoms with Crippen LogP contribution >= 0.6 is 0 Å². The predicted octanol–water partition coefficient (Wildman–Crippen LogP) is 1.22. The zero-order chi connectivity index (χ0) is 8.44. The average Bonchev–Trinajstić information content (AvgIpc) is 2.27. The van der Waals surface area contributed by atoms with Gasteiger partial charge in [-0.15, -0.1) is 0 Å². The van der Waals surface area contributed by atoms with Crippen LogP contribution < -0.4 is 5.32 Å². The van der Waals surface area contributed by atoms with Gasteiger partial charge < -0.3 is 5.32 Å². The van der Waals surface area contributed by atoms with Gasteiger partial charge in [0, 0.05) is 18.6 Å². The summed E-state index contributed by atoms with van der Waals surface area (Å²) < 4.78 is 0. The van der Waals surface area contributed by atoms with E-state index in [-0.39, 0.29) is 0 Å². The second-order valence-electron chi connectivity index (χ2n) is 4.44. The first-order chi connectivity index (χ1) is 5.81. The van der Waals surface area contributed by atoms with Crippen LogP contribution in [-0.4, -0.2) is 36.6 Å². The zero-order valence-electron chi connectivity index (χ0n) is 8.10. The van der Waals surface area contributed by atoms with Crippen molar-refractivity contribution in [1.29, 1.82) is 0 Å². The molecule has 1 aliphatic carbocycles. The maximum atomic E-state index is 3.46. The van der Waals surface area contributed by atoms with Crippen molar-refractivity contribution in [3.8, 4) is 0 Å². The molecule has 0 spiro atoms. The monoisotopic (exact) mass is 168 g/mol. The van der Waals surface area contributed by atoms with Crippen LogP contribution in [-0.2, 0) is 0 Å². The van der Waals surface area contributed by atoms with Gasteiger partial charge in [0.05, 0.1) is 0 Å². The van der Waals surface area contributed by atoms with Crippen LogP contribution in [0.3, 0.4) is 0 Å². The fraction of sp³-hybridized carbons (Fsp3) is 1.00. The van der Waals surface area contributed by atoms with Crippen molar-refractivity contribution < 1.29 is 0 Å². The summed E-state index contributed by atoms with van der Waals surface area (Å²) in [6.07, 6.45) is 5.62. The molecule has 2 fully saturated rings. The maximum Gasteiger partial charge on any atom is 0.0182 e. The Bertz CT molecular complexity index is 144. The largest absolute Gasteiger partial charge is 0.315 e. The molecular formula is C10H20N2. The van der Waals surface area contributed by atoms with E-state index in [1.807, 2.05) is 0 Å². The standard InChI is InChI=1S/C10H20N2/c1-10(4-2-5-10)12-8-3-6-11-7-9-12/h11H,2-9H2,1H3. The van der Waals surface area contributed by atoms with Gasteiger partial charge in [-0.3, -0.25) is 4.90 Å². The van der Waals surface area contributed by atoms with Crippen molar-refractivity contribution in [3.05, 3.63) is 0 Å². The highest BCUT2D eigenvalue weighted by Gasteiger charge is 2.37. The van der Waals surface area contributed by atoms with E-state index >= 15 is 0 Å². The molecule has 1 saturated carbocycles. The molecule has 2 nitrogen and oxygen atoms in total. The van der Waals surface area contributed by atoms with E-state index < -0.39 is 0 Å². The summed E-state index contributed by atoms with van der Waals surface area (Å²) in [5.41, 5.74) is 0.575. The van der Waals surface area contributed by atoms with Gasteiger partial charge in [-0.05, 0) is 45.7 Å². The SMILES string of the molecule is CC1(N2CCCNCC2)CCC1. The van der Waals surface area contributed by atoms with Crippen LogP contribution in [0.2, 0.25) is 0 Å². The summed E-state index contributed by atoms with van der Waals surface area (Å²) in [7, 11) is 0. The van der Waals surface area contributed by atoms with E-state index in [0.717, 1.165) is 0 Å². The lowest BCUT2D eigenvalue weighted by Crippen LogP contribution is -2.52. The topological polar surface area (TPSA) is 15.3 Å². The first-order valence-corrected chi connectivity index (χ1v) is 5.27. The third-order valence-electron chi connectivity index (χ3n) is 3.53. The highest BCUT2D eigenvalue weighted by Crippen LogP contribution is 2.37. The molecular weight excluding hydrogens is 148 g/mol. The number of hydrogen-bond acceptors (Lipinski definition) is 2. The summed E-state index contributed by atoms with van der Waals surface area (Å²) >= 11 is 0. The molecule has 0 aromatic rings. The smallest absolute Gasteiger partial charge is 0.0182 e. The summed E-state index contributed by atoms with van der Waals surface area (Å²) in [5.74, 6) is 0. The van der Waals surface area contributed by atoms with Crippen LogP contribution in [0.25, 0.3) is 0 Å². The molecule has 0 bridgehead atoms. The van der Waals surface area contributed by atoms with Crippen LogP contribution in [0.5, 0.6) is 0 Å². The lowest BCUT2D eigenvalue weighted by Gasteiger charge is -2.47. The quantitative estimate of drug-likeness (QED) is 0.633. The minimum Gasteiger partial charge on any atom is -0.315 e. The molecule has 0 amide bonds. The molecule has 1 heterocycles. The first-order valence-electron chi connectivity index (χ1n) is 5.27. The second kappa shape index (κ2) is 3.35. The van der Waals surface area contributed by atoms with Crippen molar-refractivity contribution in [3.63, 3.8) is 0 Å². The highest BCUT2D eigenvalue weighted by molar-refractivity contribution is 4.94. The Morgan fingerprint density at radius 3 is 2.58 bits per heavy atom. The average molecular weight is 168 g/mol. The summed E-state index contributed by atoms with van der Waals surface area (Å²) in [6.45, 7) is 7.41. The Hall–Kier alpha value is -0.0800. The Labute approximate surface area is 75.3 Å². The van der Waals surface area contributed by atoms with Crippen molar-refractivity contribution >= 4 is 0 Å². The summed E-state index contributed by atoms with van der Waals surface area (Å²) in [4.78, 5) is 2.69. The van der Waals surface area contributed by atoms with Gasteiger partial charge in [0.25, 0.3) is 0 Å². The molecule has 2 aliphatic rings. The minimum absolute atomic E-state index is 0.575. The fourth-order valence-corrected chi connectivity index (χ4v) is 2.39. The van der Waals surface area contributed by atoms with Crippen molar-refractivity contribution in [2.24, 2.45) is 0 Å². The van der Waals surface area contributed by atoms with Gasteiger partial charge in [0.1, 0.15) is 0 Å². The van der Waals surface area contributed by atoms with Gasteiger partial charge in [0.2, 0.25) is 0 Å². The molecule has 2 heteroatoms. The van der Waals surface area contributed by atoms with Gasteiger partial charge >= 0.3 is 0 Å². The molecule has 0 aromatic heterocycles. The third kappa shape index (κ3) is 1.50. The van der Waals surface area contributed by atoms with E-state index in [4.69, 9.17) is 0 Å². The molecule has 1 N–H and O–H groups in total. The third-order valence-corrected chi connectivity index (χ3v) is 3.53. The second-order valence-corrected chi connectivity index (χ2v) is 4.44. The summed E-state index contributed by atoms with van der Waals surface area (Å²) in [5, 5.41) is 3.46. The molecule has 70 valence electrons. The first kappa shape index (κ1) is 8.52. The van der Waals surface area contributed by atoms with Gasteiger partial charge in [0.15, 0.2) is 0 Å². The normalized spacial score (nSPS) is 30.8. The predicted molar refractivity (Wildman–Crippen MR) is 51.3 cm³/mol. The molecule has 2 rings (SSSR count). The van der Waals surface area contributed by atoms with Gasteiger partial charge in [-0.1, -0.05) is 0 Å². The molecule has 12 heavy (non-hydrogen) atoms. The number of nitrogens with zero attached hydrogens (tertiary/aromatic N) is 1. The van der Waals surface area contributed by atoms with Crippen LogP contribution in [0, 0.1) is 0 Å². The van der Waals surface area contributed by atoms with Crippen LogP contribution in [0.15, 0.2) is 0 Å². The summed E-state index contributed by atoms with van der Waals surface area (Å²) in [6, 6.07) is 0. The Morgan fingerprint density at radius 1 is 1.08 bits per heavy atom. The molecule has 0 radical (unpaired) electrons.